The molecule has 0 radical (unpaired) electrons. The molecule has 0 saturated carbocycles. The van der Waals surface area contributed by atoms with Gasteiger partial charge in [-0.1, -0.05) is 54.1 Å². The fourth-order valence-electron chi connectivity index (χ4n) is 2.48. The molecule has 142 valence electrons. The van der Waals surface area contributed by atoms with Gasteiger partial charge < -0.3 is 14.5 Å². The molecule has 0 bridgehead atoms. The van der Waals surface area contributed by atoms with Crippen LogP contribution >= 0.6 is 11.6 Å². The van der Waals surface area contributed by atoms with Gasteiger partial charge in [-0.25, -0.2) is 0 Å². The van der Waals surface area contributed by atoms with Gasteiger partial charge in [-0.15, -0.1) is 0 Å². The number of carbonyl (C=O) groups excluding carboxylic acids is 3. The summed E-state index contributed by atoms with van der Waals surface area (Å²) in [6.45, 7) is -0.411. The molecule has 0 aliphatic heterocycles. The molecule has 2 aromatic carbocycles. The van der Waals surface area contributed by atoms with Crippen LogP contribution in [0.2, 0.25) is 5.02 Å². The lowest BCUT2D eigenvalue weighted by Crippen LogP contribution is -2.32. The Morgan fingerprint density at radius 3 is 2.32 bits per heavy atom. The van der Waals surface area contributed by atoms with E-state index in [1.54, 1.807) is 60.7 Å². The van der Waals surface area contributed by atoms with Crippen LogP contribution in [0.3, 0.4) is 0 Å². The third-order valence-corrected chi connectivity index (χ3v) is 4.11. The number of Topliss-reactive ketones (excluding diaryl/α,β-unsaturated/α-hetero) is 1. The van der Waals surface area contributed by atoms with Crippen molar-refractivity contribution >= 4 is 29.3 Å². The molecule has 0 aliphatic carbocycles. The monoisotopic (exact) mass is 397 g/mol. The SMILES string of the molecule is O=C(CNC(=O)c1ccco1)OC(C(=O)c1ccccc1)c1ccc(Cl)cc1. The van der Waals surface area contributed by atoms with Crippen LogP contribution in [0.5, 0.6) is 0 Å². The third kappa shape index (κ3) is 4.86. The first-order valence-electron chi connectivity index (χ1n) is 8.40. The van der Waals surface area contributed by atoms with E-state index in [9.17, 15) is 14.4 Å². The van der Waals surface area contributed by atoms with Crippen molar-refractivity contribution < 1.29 is 23.5 Å². The zero-order valence-electron chi connectivity index (χ0n) is 14.6. The van der Waals surface area contributed by atoms with Crippen LogP contribution < -0.4 is 5.32 Å². The molecule has 28 heavy (non-hydrogen) atoms. The van der Waals surface area contributed by atoms with Crippen molar-refractivity contribution in [2.24, 2.45) is 0 Å². The predicted molar refractivity (Wildman–Crippen MR) is 102 cm³/mol. The summed E-state index contributed by atoms with van der Waals surface area (Å²) in [6.07, 6.45) is 0.190. The number of halogens is 1. The molecule has 1 heterocycles. The second kappa shape index (κ2) is 9.01. The lowest BCUT2D eigenvalue weighted by Gasteiger charge is -2.18. The molecule has 1 unspecified atom stereocenters. The number of hydrogen-bond donors (Lipinski definition) is 1. The number of furan rings is 1. The number of nitrogens with one attached hydrogen (secondary N) is 1. The number of amides is 1. The number of ether oxygens (including phenoxy) is 1. The molecule has 6 nitrogen and oxygen atoms in total. The summed E-state index contributed by atoms with van der Waals surface area (Å²) in [7, 11) is 0. The third-order valence-electron chi connectivity index (χ3n) is 3.86. The minimum Gasteiger partial charge on any atom is -0.459 e. The van der Waals surface area contributed by atoms with Gasteiger partial charge in [0.2, 0.25) is 5.78 Å². The van der Waals surface area contributed by atoms with Gasteiger partial charge in [0.05, 0.1) is 6.26 Å². The largest absolute Gasteiger partial charge is 0.459 e. The lowest BCUT2D eigenvalue weighted by atomic mass is 10.00. The second-order valence-electron chi connectivity index (χ2n) is 5.81. The van der Waals surface area contributed by atoms with Crippen molar-refractivity contribution in [3.8, 4) is 0 Å². The zero-order valence-corrected chi connectivity index (χ0v) is 15.4. The van der Waals surface area contributed by atoms with E-state index in [4.69, 9.17) is 20.8 Å². The summed E-state index contributed by atoms with van der Waals surface area (Å²) in [4.78, 5) is 37.0. The van der Waals surface area contributed by atoms with Crippen molar-refractivity contribution in [2.45, 2.75) is 6.10 Å². The molecule has 3 aromatic rings. The number of hydrogen-bond acceptors (Lipinski definition) is 5. The minimum atomic E-state index is -1.16. The highest BCUT2D eigenvalue weighted by atomic mass is 35.5. The average Bonchev–Trinajstić information content (AvgIpc) is 3.26. The Hall–Kier alpha value is -3.38. The number of carbonyl (C=O) groups is 3. The number of esters is 1. The molecular formula is C21H16ClNO5. The molecule has 1 N–H and O–H groups in total. The Morgan fingerprint density at radius 2 is 1.68 bits per heavy atom. The van der Waals surface area contributed by atoms with E-state index in [0.29, 0.717) is 16.1 Å². The van der Waals surface area contributed by atoms with Gasteiger partial charge in [0.15, 0.2) is 11.9 Å². The molecule has 0 spiro atoms. The molecular weight excluding hydrogens is 382 g/mol. The fraction of sp³-hybridized carbons (Fsp3) is 0.0952. The molecule has 1 atom stereocenters. The molecule has 0 saturated heterocycles. The van der Waals surface area contributed by atoms with Gasteiger partial charge in [-0.3, -0.25) is 14.4 Å². The minimum absolute atomic E-state index is 0.0717. The van der Waals surface area contributed by atoms with Crippen LogP contribution in [0.15, 0.2) is 77.4 Å². The van der Waals surface area contributed by atoms with Crippen LogP contribution in [-0.2, 0) is 9.53 Å². The van der Waals surface area contributed by atoms with Gasteiger partial charge in [-0.2, -0.15) is 0 Å². The van der Waals surface area contributed by atoms with E-state index >= 15 is 0 Å². The first kappa shape index (κ1) is 19.4. The smallest absolute Gasteiger partial charge is 0.326 e. The molecule has 1 amide bonds. The number of benzene rings is 2. The van der Waals surface area contributed by atoms with Gasteiger partial charge in [-0.05, 0) is 24.3 Å². The molecule has 1 aromatic heterocycles. The Balaban J connectivity index is 1.73. The maximum absolute atomic E-state index is 12.9. The first-order valence-corrected chi connectivity index (χ1v) is 8.78. The Labute approximate surface area is 166 Å². The van der Waals surface area contributed by atoms with Crippen molar-refractivity contribution in [3.05, 3.63) is 94.9 Å². The van der Waals surface area contributed by atoms with Gasteiger partial charge in [0.25, 0.3) is 5.91 Å². The second-order valence-corrected chi connectivity index (χ2v) is 6.25. The van der Waals surface area contributed by atoms with Crippen LogP contribution in [0.4, 0.5) is 0 Å². The summed E-state index contributed by atoms with van der Waals surface area (Å²) in [5, 5.41) is 2.88. The molecule has 3 rings (SSSR count). The summed E-state index contributed by atoms with van der Waals surface area (Å²) in [5.74, 6) is -1.63. The Kier molecular flexibility index (Phi) is 6.24. The van der Waals surface area contributed by atoms with Crippen LogP contribution in [0, 0.1) is 0 Å². The number of rotatable bonds is 7. The Morgan fingerprint density at radius 1 is 0.964 bits per heavy atom. The van der Waals surface area contributed by atoms with Crippen LogP contribution in [-0.4, -0.2) is 24.2 Å². The highest BCUT2D eigenvalue weighted by Gasteiger charge is 2.26. The fourth-order valence-corrected chi connectivity index (χ4v) is 2.61. The molecule has 0 fully saturated rings. The molecule has 0 aliphatic rings. The topological polar surface area (TPSA) is 85.6 Å². The van der Waals surface area contributed by atoms with E-state index in [2.05, 4.69) is 5.32 Å². The van der Waals surface area contributed by atoms with Crippen molar-refractivity contribution in [1.29, 1.82) is 0 Å². The zero-order chi connectivity index (χ0) is 19.9. The van der Waals surface area contributed by atoms with Gasteiger partial charge in [0, 0.05) is 16.1 Å². The molecule has 7 heteroatoms. The predicted octanol–water partition coefficient (Wildman–Crippen LogP) is 3.83. The normalized spacial score (nSPS) is 11.5. The van der Waals surface area contributed by atoms with E-state index in [-0.39, 0.29) is 11.5 Å². The van der Waals surface area contributed by atoms with Crippen molar-refractivity contribution in [2.75, 3.05) is 6.54 Å². The summed E-state index contributed by atoms with van der Waals surface area (Å²) < 4.78 is 10.3. The van der Waals surface area contributed by atoms with Crippen molar-refractivity contribution in [3.63, 3.8) is 0 Å². The average molecular weight is 398 g/mol. The maximum Gasteiger partial charge on any atom is 0.326 e. The van der Waals surface area contributed by atoms with E-state index in [1.165, 1.54) is 12.3 Å². The quantitative estimate of drug-likeness (QED) is 0.483. The van der Waals surface area contributed by atoms with Crippen LogP contribution in [0.25, 0.3) is 0 Å². The van der Waals surface area contributed by atoms with Crippen LogP contribution in [0.1, 0.15) is 32.6 Å². The maximum atomic E-state index is 12.9. The van der Waals surface area contributed by atoms with E-state index < -0.39 is 24.5 Å². The number of ketones is 1. The summed E-state index contributed by atoms with van der Waals surface area (Å²) in [5.41, 5.74) is 0.874. The highest BCUT2D eigenvalue weighted by Crippen LogP contribution is 2.24. The lowest BCUT2D eigenvalue weighted by molar-refractivity contribution is -0.146. The van der Waals surface area contributed by atoms with Gasteiger partial charge in [0.1, 0.15) is 6.54 Å². The summed E-state index contributed by atoms with van der Waals surface area (Å²) in [6, 6.07) is 18.0. The summed E-state index contributed by atoms with van der Waals surface area (Å²) >= 11 is 5.90. The highest BCUT2D eigenvalue weighted by molar-refractivity contribution is 6.30. The first-order chi connectivity index (χ1) is 13.5. The van der Waals surface area contributed by atoms with E-state index in [0.717, 1.165) is 0 Å². The standard InChI is InChI=1S/C21H16ClNO5/c22-16-10-8-15(9-11-16)20(19(25)14-5-2-1-3-6-14)28-18(24)13-23-21(26)17-7-4-12-27-17/h1-12,20H,13H2,(H,23,26). The van der Waals surface area contributed by atoms with Crippen molar-refractivity contribution in [1.82, 2.24) is 5.32 Å². The van der Waals surface area contributed by atoms with E-state index in [1.807, 2.05) is 0 Å². The Bertz CT molecular complexity index is 952. The van der Waals surface area contributed by atoms with Gasteiger partial charge >= 0.3 is 5.97 Å².